The minimum absolute atomic E-state index is 0.0919. The molecule has 0 unspecified atom stereocenters. The van der Waals surface area contributed by atoms with Gasteiger partial charge in [0.2, 0.25) is 11.9 Å². The number of nitrogens with one attached hydrogen (secondary N) is 2. The number of aliphatic imine (C=N–C) groups is 1. The van der Waals surface area contributed by atoms with Crippen LogP contribution in [0.4, 0.5) is 11.6 Å². The lowest BCUT2D eigenvalue weighted by atomic mass is 10.1. The van der Waals surface area contributed by atoms with Crippen LogP contribution in [-0.4, -0.2) is 21.6 Å². The van der Waals surface area contributed by atoms with Crippen LogP contribution in [0.5, 0.6) is 0 Å². The number of aromatic nitrogens is 2. The predicted octanol–water partition coefficient (Wildman–Crippen LogP) is 5.23. The lowest BCUT2D eigenvalue weighted by molar-refractivity contribution is 0.402. The summed E-state index contributed by atoms with van der Waals surface area (Å²) in [6, 6.07) is 5.47. The first-order chi connectivity index (χ1) is 11.2. The van der Waals surface area contributed by atoms with Gasteiger partial charge in [-0.05, 0) is 52.8 Å². The molecule has 1 heterocycles. The van der Waals surface area contributed by atoms with Crippen LogP contribution in [0.2, 0.25) is 10.0 Å². The number of anilines is 2. The monoisotopic (exact) mass is 367 g/mol. The summed E-state index contributed by atoms with van der Waals surface area (Å²) in [4.78, 5) is 8.97. The van der Waals surface area contributed by atoms with E-state index in [0.29, 0.717) is 16.0 Å². The summed E-state index contributed by atoms with van der Waals surface area (Å²) in [5.41, 5.74) is 0.705. The number of benzene rings is 1. The molecule has 5 nitrogen and oxygen atoms in total. The van der Waals surface area contributed by atoms with Gasteiger partial charge in [-0.15, -0.1) is 0 Å². The van der Waals surface area contributed by atoms with Gasteiger partial charge in [-0.2, -0.15) is 0 Å². The van der Waals surface area contributed by atoms with Gasteiger partial charge in [0.05, 0.1) is 10.0 Å². The molecule has 0 bridgehead atoms. The van der Waals surface area contributed by atoms with Crippen LogP contribution in [0, 0.1) is 0 Å². The Morgan fingerprint density at radius 3 is 2.46 bits per heavy atom. The summed E-state index contributed by atoms with van der Waals surface area (Å²) in [5, 5.41) is 7.50. The Labute approximate surface area is 153 Å². The molecule has 0 saturated carbocycles. The van der Waals surface area contributed by atoms with E-state index < -0.39 is 0 Å². The van der Waals surface area contributed by atoms with Crippen LogP contribution in [0.15, 0.2) is 35.6 Å². The maximum absolute atomic E-state index is 6.08. The van der Waals surface area contributed by atoms with Crippen molar-refractivity contribution < 1.29 is 0 Å². The number of rotatable bonds is 3. The van der Waals surface area contributed by atoms with Crippen molar-refractivity contribution in [1.29, 1.82) is 0 Å². The minimum atomic E-state index is -0.0919. The number of guanidine groups is 1. The normalized spacial score (nSPS) is 12.6. The summed E-state index contributed by atoms with van der Waals surface area (Å²) in [6.07, 6.45) is 3.70. The van der Waals surface area contributed by atoms with Crippen molar-refractivity contribution in [3.8, 4) is 0 Å². The summed E-state index contributed by atoms with van der Waals surface area (Å²) in [5.74, 6) is 1.31. The standard InChI is InChI=1S/C17H23Cl2N5/c1-11(2)21-15(22-12-6-7-13(18)14(19)10-12)23-16-20-8-9-24(16)17(3,4)5/h6-11H,1-5H3,(H2,20,21,22,23). The summed E-state index contributed by atoms with van der Waals surface area (Å²) in [6.45, 7) is 10.4. The molecule has 0 radical (unpaired) electrons. The van der Waals surface area contributed by atoms with Crippen LogP contribution in [0.3, 0.4) is 0 Å². The molecule has 7 heteroatoms. The molecule has 0 aliphatic rings. The molecule has 0 amide bonds. The molecule has 130 valence electrons. The molecular weight excluding hydrogens is 345 g/mol. The molecule has 0 aliphatic carbocycles. The van der Waals surface area contributed by atoms with Gasteiger partial charge < -0.3 is 9.88 Å². The third-order valence-corrected chi connectivity index (χ3v) is 3.90. The Morgan fingerprint density at radius 1 is 1.17 bits per heavy atom. The van der Waals surface area contributed by atoms with E-state index >= 15 is 0 Å². The van der Waals surface area contributed by atoms with Gasteiger partial charge in [0.1, 0.15) is 0 Å². The SMILES string of the molecule is CC(C)N=C(Nc1ccc(Cl)c(Cl)c1)Nc1nccn1C(C)(C)C. The van der Waals surface area contributed by atoms with Crippen LogP contribution in [0.1, 0.15) is 34.6 Å². The summed E-state index contributed by atoms with van der Waals surface area (Å²) < 4.78 is 2.05. The number of nitrogens with zero attached hydrogens (tertiary/aromatic N) is 3. The Balaban J connectivity index is 2.27. The van der Waals surface area contributed by atoms with E-state index in [-0.39, 0.29) is 11.6 Å². The van der Waals surface area contributed by atoms with Crippen molar-refractivity contribution in [2.24, 2.45) is 4.99 Å². The van der Waals surface area contributed by atoms with E-state index in [2.05, 4.69) is 45.9 Å². The lowest BCUT2D eigenvalue weighted by Gasteiger charge is -2.24. The molecular formula is C17H23Cl2N5. The van der Waals surface area contributed by atoms with Crippen molar-refractivity contribution in [2.45, 2.75) is 46.2 Å². The summed E-state index contributed by atoms with van der Waals surface area (Å²) in [7, 11) is 0. The first-order valence-electron chi connectivity index (χ1n) is 7.77. The van der Waals surface area contributed by atoms with Gasteiger partial charge >= 0.3 is 0 Å². The van der Waals surface area contributed by atoms with Gasteiger partial charge in [-0.3, -0.25) is 5.32 Å². The average molecular weight is 368 g/mol. The maximum Gasteiger partial charge on any atom is 0.210 e. The number of imidazole rings is 1. The van der Waals surface area contributed by atoms with Crippen LogP contribution < -0.4 is 10.6 Å². The van der Waals surface area contributed by atoms with E-state index in [0.717, 1.165) is 11.6 Å². The second-order valence-electron chi connectivity index (χ2n) is 6.74. The fourth-order valence-electron chi connectivity index (χ4n) is 2.11. The molecule has 2 aromatic rings. The molecule has 0 saturated heterocycles. The van der Waals surface area contributed by atoms with Gasteiger partial charge in [0.25, 0.3) is 0 Å². The summed E-state index contributed by atoms with van der Waals surface area (Å²) >= 11 is 12.1. The van der Waals surface area contributed by atoms with Gasteiger partial charge in [-0.25, -0.2) is 9.98 Å². The first-order valence-corrected chi connectivity index (χ1v) is 8.53. The largest absolute Gasteiger partial charge is 0.326 e. The van der Waals surface area contributed by atoms with E-state index in [9.17, 15) is 0 Å². The van der Waals surface area contributed by atoms with Gasteiger partial charge in [0.15, 0.2) is 0 Å². The van der Waals surface area contributed by atoms with Gasteiger partial charge in [0, 0.05) is 29.7 Å². The van der Waals surface area contributed by atoms with Crippen molar-refractivity contribution in [3.63, 3.8) is 0 Å². The zero-order chi connectivity index (χ0) is 17.9. The highest BCUT2D eigenvalue weighted by Gasteiger charge is 2.18. The van der Waals surface area contributed by atoms with Gasteiger partial charge in [-0.1, -0.05) is 23.2 Å². The quantitative estimate of drug-likeness (QED) is 0.576. The lowest BCUT2D eigenvalue weighted by Crippen LogP contribution is -2.29. The van der Waals surface area contributed by atoms with Crippen LogP contribution in [0.25, 0.3) is 0 Å². The van der Waals surface area contributed by atoms with E-state index in [1.165, 1.54) is 0 Å². The van der Waals surface area contributed by atoms with E-state index in [4.69, 9.17) is 23.2 Å². The smallest absolute Gasteiger partial charge is 0.210 e. The maximum atomic E-state index is 6.08. The molecule has 2 rings (SSSR count). The third-order valence-electron chi connectivity index (χ3n) is 3.16. The second kappa shape index (κ2) is 7.45. The molecule has 0 spiro atoms. The van der Waals surface area contributed by atoms with Crippen molar-refractivity contribution in [1.82, 2.24) is 9.55 Å². The fourth-order valence-corrected chi connectivity index (χ4v) is 2.41. The highest BCUT2D eigenvalue weighted by atomic mass is 35.5. The van der Waals surface area contributed by atoms with Crippen molar-refractivity contribution in [2.75, 3.05) is 10.6 Å². The number of hydrogen-bond acceptors (Lipinski definition) is 2. The second-order valence-corrected chi connectivity index (χ2v) is 7.56. The highest BCUT2D eigenvalue weighted by Crippen LogP contribution is 2.25. The number of halogens is 2. The third kappa shape index (κ3) is 4.89. The Morgan fingerprint density at radius 2 is 1.88 bits per heavy atom. The van der Waals surface area contributed by atoms with Crippen molar-refractivity contribution >= 4 is 40.8 Å². The average Bonchev–Trinajstić information content (AvgIpc) is 2.90. The molecule has 2 N–H and O–H groups in total. The minimum Gasteiger partial charge on any atom is -0.326 e. The molecule has 0 atom stereocenters. The molecule has 24 heavy (non-hydrogen) atoms. The fraction of sp³-hybridized carbons (Fsp3) is 0.412. The molecule has 0 fully saturated rings. The van der Waals surface area contributed by atoms with Crippen LogP contribution in [-0.2, 0) is 5.54 Å². The number of hydrogen-bond donors (Lipinski definition) is 2. The van der Waals surface area contributed by atoms with E-state index in [1.807, 2.05) is 26.1 Å². The molecule has 1 aromatic carbocycles. The van der Waals surface area contributed by atoms with E-state index in [1.54, 1.807) is 18.3 Å². The first kappa shape index (κ1) is 18.6. The van der Waals surface area contributed by atoms with Crippen molar-refractivity contribution in [3.05, 3.63) is 40.6 Å². The topological polar surface area (TPSA) is 54.2 Å². The Kier molecular flexibility index (Phi) is 5.78. The molecule has 0 aliphatic heterocycles. The zero-order valence-corrected chi connectivity index (χ0v) is 16.1. The predicted molar refractivity (Wildman–Crippen MR) is 104 cm³/mol. The molecule has 1 aromatic heterocycles. The Bertz CT molecular complexity index is 729. The van der Waals surface area contributed by atoms with Crippen LogP contribution >= 0.6 is 23.2 Å². The highest BCUT2D eigenvalue weighted by molar-refractivity contribution is 6.42. The Hall–Kier alpha value is -1.72. The zero-order valence-electron chi connectivity index (χ0n) is 14.6.